The molecule has 1 aromatic rings. The van der Waals surface area contributed by atoms with Gasteiger partial charge in [0.05, 0.1) is 0 Å². The Labute approximate surface area is 148 Å². The lowest BCUT2D eigenvalue weighted by Gasteiger charge is -2.32. The molecule has 1 N–H and O–H groups in total. The molecule has 1 atom stereocenters. The summed E-state index contributed by atoms with van der Waals surface area (Å²) in [6.45, 7) is 0. The molecule has 1 aliphatic heterocycles. The van der Waals surface area contributed by atoms with Crippen LogP contribution < -0.4 is 0 Å². The Balaban J connectivity index is 1.94. The Morgan fingerprint density at radius 1 is 1.20 bits per heavy atom. The minimum atomic E-state index is -5.00. The Bertz CT molecular complexity index is 684. The smallest absolute Gasteiger partial charge is 0.362 e. The van der Waals surface area contributed by atoms with Crippen molar-refractivity contribution >= 4 is 23.2 Å². The van der Waals surface area contributed by atoms with E-state index >= 15 is 0 Å². The molecule has 25 heavy (non-hydrogen) atoms. The molecule has 136 valence electrons. The Morgan fingerprint density at radius 2 is 1.80 bits per heavy atom. The van der Waals surface area contributed by atoms with E-state index in [0.29, 0.717) is 5.02 Å². The third-order valence-electron chi connectivity index (χ3n) is 4.82. The van der Waals surface area contributed by atoms with Crippen molar-refractivity contribution in [3.63, 3.8) is 0 Å². The second kappa shape index (κ2) is 6.61. The fourth-order valence-corrected chi connectivity index (χ4v) is 3.51. The molecule has 1 aliphatic carbocycles. The lowest BCUT2D eigenvalue weighted by atomic mass is 9.83. The standard InChI is InChI=1S/C17H18ClF3N2O2/c18-13-8-6-12(7-9-13)15(24)23-16(25,17(19,20)21)10-14(22-23)11-4-2-1-3-5-11/h6-9,11,25H,1-5,10H2. The van der Waals surface area contributed by atoms with Crippen LogP contribution in [0.15, 0.2) is 29.4 Å². The van der Waals surface area contributed by atoms with Gasteiger partial charge in [-0.15, -0.1) is 0 Å². The molecule has 1 unspecified atom stereocenters. The monoisotopic (exact) mass is 374 g/mol. The highest BCUT2D eigenvalue weighted by atomic mass is 35.5. The zero-order chi connectivity index (χ0) is 18.2. The van der Waals surface area contributed by atoms with Gasteiger partial charge in [0.25, 0.3) is 11.6 Å². The first kappa shape index (κ1) is 18.2. The van der Waals surface area contributed by atoms with E-state index in [1.165, 1.54) is 24.3 Å². The van der Waals surface area contributed by atoms with E-state index in [4.69, 9.17) is 11.6 Å². The van der Waals surface area contributed by atoms with Crippen LogP contribution in [0.3, 0.4) is 0 Å². The minimum absolute atomic E-state index is 0.0132. The number of nitrogens with zero attached hydrogens (tertiary/aromatic N) is 2. The van der Waals surface area contributed by atoms with Crippen LogP contribution in [0.2, 0.25) is 5.02 Å². The summed E-state index contributed by atoms with van der Waals surface area (Å²) < 4.78 is 40.6. The van der Waals surface area contributed by atoms with Gasteiger partial charge in [-0.2, -0.15) is 23.3 Å². The lowest BCUT2D eigenvalue weighted by Crippen LogP contribution is -2.56. The maximum absolute atomic E-state index is 13.5. The van der Waals surface area contributed by atoms with Gasteiger partial charge in [0.15, 0.2) is 0 Å². The molecule has 1 amide bonds. The van der Waals surface area contributed by atoms with E-state index in [2.05, 4.69) is 5.10 Å². The fraction of sp³-hybridized carbons (Fsp3) is 0.529. The van der Waals surface area contributed by atoms with E-state index < -0.39 is 24.2 Å². The fourth-order valence-electron chi connectivity index (χ4n) is 3.38. The van der Waals surface area contributed by atoms with E-state index in [1.54, 1.807) is 0 Å². The first-order chi connectivity index (χ1) is 11.7. The molecule has 3 rings (SSSR count). The predicted octanol–water partition coefficient (Wildman–Crippen LogP) is 4.37. The van der Waals surface area contributed by atoms with Crippen molar-refractivity contribution in [2.75, 3.05) is 0 Å². The highest BCUT2D eigenvalue weighted by Crippen LogP contribution is 2.43. The number of halogens is 4. The van der Waals surface area contributed by atoms with Crippen LogP contribution in [-0.2, 0) is 0 Å². The van der Waals surface area contributed by atoms with Crippen molar-refractivity contribution in [1.29, 1.82) is 0 Å². The summed E-state index contributed by atoms with van der Waals surface area (Å²) in [6.07, 6.45) is -1.36. The Hall–Kier alpha value is -1.60. The average Bonchev–Trinajstić information content (AvgIpc) is 2.95. The highest BCUT2D eigenvalue weighted by molar-refractivity contribution is 6.30. The number of alkyl halides is 3. The van der Waals surface area contributed by atoms with Gasteiger partial charge < -0.3 is 5.11 Å². The van der Waals surface area contributed by atoms with E-state index in [1.807, 2.05) is 0 Å². The molecule has 1 aromatic carbocycles. The summed E-state index contributed by atoms with van der Waals surface area (Å²) in [4.78, 5) is 12.6. The molecule has 2 aliphatic rings. The molecule has 0 bridgehead atoms. The summed E-state index contributed by atoms with van der Waals surface area (Å²) in [6, 6.07) is 5.44. The predicted molar refractivity (Wildman–Crippen MR) is 87.3 cm³/mol. The van der Waals surface area contributed by atoms with Gasteiger partial charge in [-0.05, 0) is 43.0 Å². The van der Waals surface area contributed by atoms with Crippen LogP contribution in [0.25, 0.3) is 0 Å². The van der Waals surface area contributed by atoms with Gasteiger partial charge in [0, 0.05) is 22.7 Å². The molecule has 4 nitrogen and oxygen atoms in total. The number of aliphatic hydroxyl groups is 1. The largest absolute Gasteiger partial charge is 0.438 e. The van der Waals surface area contributed by atoms with Gasteiger partial charge in [-0.1, -0.05) is 30.9 Å². The minimum Gasteiger partial charge on any atom is -0.362 e. The topological polar surface area (TPSA) is 52.9 Å². The van der Waals surface area contributed by atoms with Crippen LogP contribution in [-0.4, -0.2) is 33.6 Å². The maximum atomic E-state index is 13.5. The van der Waals surface area contributed by atoms with Gasteiger partial charge >= 0.3 is 6.18 Å². The van der Waals surface area contributed by atoms with Gasteiger partial charge in [0.1, 0.15) is 0 Å². The second-order valence-electron chi connectivity index (χ2n) is 6.54. The molecule has 1 saturated carbocycles. The second-order valence-corrected chi connectivity index (χ2v) is 6.98. The number of hydrogen-bond donors (Lipinski definition) is 1. The molecular weight excluding hydrogens is 357 g/mol. The van der Waals surface area contributed by atoms with E-state index in [9.17, 15) is 23.1 Å². The number of hydrazone groups is 1. The molecule has 0 spiro atoms. The zero-order valence-electron chi connectivity index (χ0n) is 13.4. The first-order valence-corrected chi connectivity index (χ1v) is 8.57. The summed E-state index contributed by atoms with van der Waals surface area (Å²) >= 11 is 5.75. The van der Waals surface area contributed by atoms with Crippen LogP contribution in [0.5, 0.6) is 0 Å². The number of rotatable bonds is 2. The summed E-state index contributed by atoms with van der Waals surface area (Å²) in [5.74, 6) is -1.12. The summed E-state index contributed by atoms with van der Waals surface area (Å²) in [7, 11) is 0. The van der Waals surface area contributed by atoms with Crippen LogP contribution >= 0.6 is 11.6 Å². The molecule has 1 heterocycles. The zero-order valence-corrected chi connectivity index (χ0v) is 14.1. The molecule has 8 heteroatoms. The van der Waals surface area contributed by atoms with Gasteiger partial charge in [-0.3, -0.25) is 4.79 Å². The third kappa shape index (κ3) is 3.40. The molecule has 0 saturated heterocycles. The lowest BCUT2D eigenvalue weighted by molar-refractivity contribution is -0.297. The molecular formula is C17H18ClF3N2O2. The first-order valence-electron chi connectivity index (χ1n) is 8.19. The third-order valence-corrected chi connectivity index (χ3v) is 5.07. The van der Waals surface area contributed by atoms with Gasteiger partial charge in [-0.25, -0.2) is 0 Å². The van der Waals surface area contributed by atoms with Crippen molar-refractivity contribution in [3.8, 4) is 0 Å². The Morgan fingerprint density at radius 3 is 2.36 bits per heavy atom. The van der Waals surface area contributed by atoms with Crippen LogP contribution in [0.4, 0.5) is 13.2 Å². The number of benzene rings is 1. The van der Waals surface area contributed by atoms with E-state index in [-0.39, 0.29) is 22.2 Å². The van der Waals surface area contributed by atoms with Crippen LogP contribution in [0.1, 0.15) is 48.9 Å². The molecule has 1 fully saturated rings. The number of carbonyl (C=O) groups is 1. The normalized spacial score (nSPS) is 25.2. The van der Waals surface area contributed by atoms with Crippen molar-refractivity contribution in [3.05, 3.63) is 34.9 Å². The summed E-state index contributed by atoms with van der Waals surface area (Å²) in [5.41, 5.74) is -3.07. The summed E-state index contributed by atoms with van der Waals surface area (Å²) in [5, 5.41) is 14.8. The van der Waals surface area contributed by atoms with Crippen LogP contribution in [0, 0.1) is 5.92 Å². The number of amides is 1. The molecule has 0 radical (unpaired) electrons. The number of hydrogen-bond acceptors (Lipinski definition) is 3. The van der Waals surface area contributed by atoms with Crippen molar-refractivity contribution in [1.82, 2.24) is 5.01 Å². The number of carbonyl (C=O) groups excluding carboxylic acids is 1. The highest BCUT2D eigenvalue weighted by Gasteiger charge is 2.63. The molecule has 0 aromatic heterocycles. The van der Waals surface area contributed by atoms with Crippen molar-refractivity contribution in [2.45, 2.75) is 50.4 Å². The maximum Gasteiger partial charge on any atom is 0.438 e. The Kier molecular flexibility index (Phi) is 4.81. The van der Waals surface area contributed by atoms with Crippen molar-refractivity contribution < 1.29 is 23.1 Å². The van der Waals surface area contributed by atoms with Gasteiger partial charge in [0.2, 0.25) is 0 Å². The van der Waals surface area contributed by atoms with E-state index in [0.717, 1.165) is 32.1 Å². The average molecular weight is 375 g/mol. The van der Waals surface area contributed by atoms with Crippen molar-refractivity contribution in [2.24, 2.45) is 11.0 Å². The SMILES string of the molecule is O=C(c1ccc(Cl)cc1)N1N=C(C2CCCCC2)CC1(O)C(F)(F)F. The quantitative estimate of drug-likeness (QED) is 0.835.